The summed E-state index contributed by atoms with van der Waals surface area (Å²) in [5.74, 6) is 0. The minimum Gasteiger partial charge on any atom is -0.158 e. The van der Waals surface area contributed by atoms with Crippen LogP contribution in [0.1, 0.15) is 13.2 Å². The van der Waals surface area contributed by atoms with E-state index in [0.29, 0.717) is 6.61 Å². The largest absolute Gasteiger partial charge is 0.158 e. The first-order chi connectivity index (χ1) is 10.4. The van der Waals surface area contributed by atoms with Gasteiger partial charge in [0.1, 0.15) is 1.12 Å². The van der Waals surface area contributed by atoms with Crippen LogP contribution in [0.25, 0.3) is 0 Å². The Morgan fingerprint density at radius 2 is 2.43 bits per heavy atom. The molecule has 0 aliphatic carbocycles. The van der Waals surface area contributed by atoms with Crippen LogP contribution in [-0.4, -0.2) is 65.3 Å². The third-order valence-corrected chi connectivity index (χ3v) is 6.20. The molecule has 2 N–H and O–H groups in total. The van der Waals surface area contributed by atoms with Crippen molar-refractivity contribution in [2.24, 2.45) is 0 Å². The van der Waals surface area contributed by atoms with Crippen LogP contribution in [0.15, 0.2) is 21.9 Å². The van der Waals surface area contributed by atoms with Crippen LogP contribution < -0.4 is 11.2 Å². The fraction of sp³-hybridized carbons (Fsp3) is 0.600. The second kappa shape index (κ2) is 7.20. The van der Waals surface area contributed by atoms with Gasteiger partial charge in [-0.3, -0.25) is 0 Å². The molecule has 3 rings (SSSR count). The van der Waals surface area contributed by atoms with E-state index in [1.54, 1.807) is 6.92 Å². The number of hydrogen-bond acceptors (Lipinski definition) is 7. The van der Waals surface area contributed by atoms with Gasteiger partial charge in [0.2, 0.25) is 0 Å². The smallest absolute Gasteiger partial charge is 0.107 e. The summed E-state index contributed by atoms with van der Waals surface area (Å²) in [5.41, 5.74) is -2.46. The molecule has 0 bridgehead atoms. The maximum atomic E-state index is 11.8. The van der Waals surface area contributed by atoms with Gasteiger partial charge in [0, 0.05) is 0 Å². The number of ether oxygens (including phenoxy) is 1. The summed E-state index contributed by atoms with van der Waals surface area (Å²) in [6, 6.07) is 1.21. The van der Waals surface area contributed by atoms with E-state index in [2.05, 4.69) is 13.4 Å². The molecule has 11 heteroatoms. The Morgan fingerprint density at radius 3 is 3.05 bits per heavy atom. The number of nitrogens with zero attached hydrogens (tertiary/aromatic N) is 1. The van der Waals surface area contributed by atoms with Gasteiger partial charge in [-0.1, -0.05) is 8.44 Å². The molecule has 2 fully saturated rings. The molecule has 2 saturated heterocycles. The zero-order chi connectivity index (χ0) is 16.3. The first kappa shape index (κ1) is 16.1. The van der Waals surface area contributed by atoms with Crippen molar-refractivity contribution in [2.45, 2.75) is 31.0 Å². The summed E-state index contributed by atoms with van der Waals surface area (Å²) in [6.07, 6.45) is -0.481. The minimum atomic E-state index is -1.71. The van der Waals surface area contributed by atoms with Crippen molar-refractivity contribution in [3.63, 3.8) is 0 Å². The topological polar surface area (TPSA) is 103 Å². The van der Waals surface area contributed by atoms with Gasteiger partial charge in [0.15, 0.2) is 0 Å². The summed E-state index contributed by atoms with van der Waals surface area (Å²) in [5, 5.41) is 10.6. The number of aromatic amines is 1. The van der Waals surface area contributed by atoms with Gasteiger partial charge in [0.05, 0.1) is 0 Å². The van der Waals surface area contributed by atoms with E-state index in [4.69, 9.17) is 11.2 Å². The number of rotatable bonds is 1. The Morgan fingerprint density at radius 1 is 1.71 bits per heavy atom. The van der Waals surface area contributed by atoms with Crippen molar-refractivity contribution >= 4 is 45.7 Å². The van der Waals surface area contributed by atoms with Gasteiger partial charge >= 0.3 is 121 Å². The molecule has 0 amide bonds. The van der Waals surface area contributed by atoms with Crippen LogP contribution in [0, 0.1) is 0 Å². The quantitative estimate of drug-likeness (QED) is 0.242. The van der Waals surface area contributed by atoms with E-state index in [-0.39, 0.29) is 0 Å². The van der Waals surface area contributed by atoms with E-state index >= 15 is 0 Å². The molecule has 2 aliphatic rings. The fourth-order valence-corrected chi connectivity index (χ4v) is 6.00. The molecule has 2 unspecified atom stereocenters. The summed E-state index contributed by atoms with van der Waals surface area (Å²) in [4.78, 5) is 25.0. The summed E-state index contributed by atoms with van der Waals surface area (Å²) >= 11 is -0.794. The predicted octanol–water partition coefficient (Wildman–Crippen LogP) is -1.16. The number of nitrogens with one attached hydrogen (secondary N) is 1. The summed E-state index contributed by atoms with van der Waals surface area (Å²) < 4.78 is 23.8. The molecule has 2 aliphatic heterocycles. The molecule has 0 saturated carbocycles. The zero-order valence-electron chi connectivity index (χ0n) is 12.1. The molecule has 0 spiro atoms. The molecule has 8 nitrogen and oxygen atoms in total. The number of H-pyrrole nitrogens is 1. The van der Waals surface area contributed by atoms with E-state index < -0.39 is 60.4 Å². The number of hydrogen-bond donors (Lipinski definition) is 3. The molecule has 1 aromatic rings. The standard InChI is InChI=1S/C10H12N2O6.H3PS.Tl/c1-10(17)7(15)5(4-13)18-8(10)12-3-2-6(14)11-9(12)16;1-2;/h2-3,5,7-8,17H,4H2,1H3,(H,11,14,16);2H,1H2;/q-2;;+2/t5-,7?,8-,10+;;/m1../s1/i;2D;. The molecular formula is C10H15N2O6PSTl. The average molecular weight is 528 g/mol. The normalized spacial score (nSPS) is 34.6. The number of thiol groups is 1. The van der Waals surface area contributed by atoms with Gasteiger partial charge in [-0.05, 0) is 0 Å². The first-order valence-corrected chi connectivity index (χ1v) is 11.6. The molecule has 5 atom stereocenters. The zero-order valence-corrected chi connectivity index (χ0v) is 17.6. The molecule has 0 aromatic carbocycles. The Kier molecular flexibility index (Phi) is 5.51. The predicted molar refractivity (Wildman–Crippen MR) is 81.1 cm³/mol. The van der Waals surface area contributed by atoms with Crippen molar-refractivity contribution < 1.29 is 15.2 Å². The summed E-state index contributed by atoms with van der Waals surface area (Å²) in [7, 11) is 2.16. The molecular weight excluding hydrogens is 512 g/mol. The SMILES string of the molecule is C[C@]1(O)C2[O][Tl][O]C[C@H]2O[C@H]1n1ccc(=O)[nH]c1=O.[2H]SP. The van der Waals surface area contributed by atoms with Crippen molar-refractivity contribution in [1.82, 2.24) is 9.55 Å². The molecule has 21 heavy (non-hydrogen) atoms. The van der Waals surface area contributed by atoms with Gasteiger partial charge in [-0.2, -0.15) is 12.2 Å². The molecule has 3 heterocycles. The number of aliphatic hydroxyl groups is 1. The Bertz CT molecular complexity index is 628. The van der Waals surface area contributed by atoms with Crippen LogP contribution >= 0.6 is 20.6 Å². The van der Waals surface area contributed by atoms with Crippen molar-refractivity contribution in [1.29, 1.82) is 1.12 Å². The van der Waals surface area contributed by atoms with E-state index in [1.807, 2.05) is 0 Å². The van der Waals surface area contributed by atoms with Crippen LogP contribution in [0.3, 0.4) is 0 Å². The van der Waals surface area contributed by atoms with Crippen molar-refractivity contribution in [3.8, 4) is 0 Å². The Labute approximate surface area is 142 Å². The van der Waals surface area contributed by atoms with Gasteiger partial charge in [-0.15, -0.1) is 0 Å². The maximum Gasteiger partial charge on any atom is 0.107 e. The molecule has 115 valence electrons. The van der Waals surface area contributed by atoms with Crippen LogP contribution in [-0.2, 0) is 10.1 Å². The Hall–Kier alpha value is 0.222. The van der Waals surface area contributed by atoms with E-state index in [1.165, 1.54) is 16.8 Å². The van der Waals surface area contributed by atoms with Crippen LogP contribution in [0.2, 0.25) is 0 Å². The summed E-state index contributed by atoms with van der Waals surface area (Å²) in [6.45, 7) is 1.95. The second-order valence-electron chi connectivity index (χ2n) is 4.76. The fourth-order valence-electron chi connectivity index (χ4n) is 2.44. The van der Waals surface area contributed by atoms with E-state index in [9.17, 15) is 14.7 Å². The first-order valence-electron chi connectivity index (χ1n) is 6.42. The molecule has 0 radical (unpaired) electrons. The van der Waals surface area contributed by atoms with Crippen LogP contribution in [0.4, 0.5) is 0 Å². The molecule has 1 aromatic heterocycles. The maximum absolute atomic E-state index is 11.8. The number of fused-ring (bicyclic) bond motifs is 1. The number of aromatic nitrogens is 2. The van der Waals surface area contributed by atoms with E-state index in [0.717, 1.165) is 12.2 Å². The van der Waals surface area contributed by atoms with Crippen molar-refractivity contribution in [3.05, 3.63) is 33.1 Å². The second-order valence-corrected chi connectivity index (χ2v) is 7.86. The third-order valence-electron chi connectivity index (χ3n) is 3.35. The van der Waals surface area contributed by atoms with Crippen LogP contribution in [0.5, 0.6) is 0 Å². The minimum absolute atomic E-state index is 0.380. The van der Waals surface area contributed by atoms with Crippen molar-refractivity contribution in [2.75, 3.05) is 6.61 Å². The Balaban J connectivity index is 0.000000545. The van der Waals surface area contributed by atoms with Gasteiger partial charge < -0.3 is 0 Å². The van der Waals surface area contributed by atoms with Gasteiger partial charge in [0.25, 0.3) is 0 Å². The van der Waals surface area contributed by atoms with Gasteiger partial charge in [-0.25, -0.2) is 0 Å². The average Bonchev–Trinajstić information content (AvgIpc) is 2.72. The monoisotopic (exact) mass is 528 g/mol. The third kappa shape index (κ3) is 3.43.